The summed E-state index contributed by atoms with van der Waals surface area (Å²) >= 11 is 0. The minimum atomic E-state index is -0.541. The summed E-state index contributed by atoms with van der Waals surface area (Å²) in [7, 11) is 3.75. The van der Waals surface area contributed by atoms with Crippen LogP contribution in [0.25, 0.3) is 0 Å². The number of nitrogens with zero attached hydrogens (tertiary/aromatic N) is 1. The molecule has 0 bridgehead atoms. The van der Waals surface area contributed by atoms with Gasteiger partial charge in [0.05, 0.1) is 6.54 Å². The van der Waals surface area contributed by atoms with Crippen LogP contribution < -0.4 is 0 Å². The molecule has 1 aliphatic heterocycles. The second-order valence-electron chi connectivity index (χ2n) is 20.3. The number of likely N-dealkylation sites (N-methyl/N-ethyl adjacent to an activating group) is 1. The lowest BCUT2D eigenvalue weighted by Crippen LogP contribution is -2.40. The molecule has 4 atom stereocenters. The third-order valence-corrected chi connectivity index (χ3v) is 13.1. The highest BCUT2D eigenvalue weighted by atomic mass is 16.7. The van der Waals surface area contributed by atoms with Crippen molar-refractivity contribution >= 4 is 5.97 Å². The van der Waals surface area contributed by atoms with Gasteiger partial charge in [-0.05, 0) is 130 Å². The van der Waals surface area contributed by atoms with E-state index < -0.39 is 12.4 Å². The van der Waals surface area contributed by atoms with Crippen molar-refractivity contribution in [3.05, 3.63) is 72.9 Å². The van der Waals surface area contributed by atoms with E-state index in [-0.39, 0.29) is 31.3 Å². The number of hydrogen-bond donors (Lipinski definition) is 0. The maximum Gasteiger partial charge on any atom is 0.320 e. The normalized spacial score (nSPS) is 17.8. The molecule has 1 rings (SSSR count). The molecule has 70 heavy (non-hydrogen) atoms. The highest BCUT2D eigenvalue weighted by Gasteiger charge is 2.47. The van der Waals surface area contributed by atoms with Crippen LogP contribution in [0.3, 0.4) is 0 Å². The van der Waals surface area contributed by atoms with Gasteiger partial charge < -0.3 is 23.7 Å². The van der Waals surface area contributed by atoms with Crippen LogP contribution in [-0.2, 0) is 28.5 Å². The molecular formula is C63H113NO6. The predicted molar refractivity (Wildman–Crippen MR) is 302 cm³/mol. The van der Waals surface area contributed by atoms with E-state index in [1.165, 1.54) is 173 Å². The quantitative estimate of drug-likeness (QED) is 0.0342. The van der Waals surface area contributed by atoms with E-state index in [0.717, 1.165) is 57.8 Å². The van der Waals surface area contributed by atoms with Crippen LogP contribution in [0.2, 0.25) is 0 Å². The van der Waals surface area contributed by atoms with Gasteiger partial charge in [0.25, 0.3) is 0 Å². The second-order valence-corrected chi connectivity index (χ2v) is 20.3. The van der Waals surface area contributed by atoms with E-state index >= 15 is 0 Å². The van der Waals surface area contributed by atoms with Crippen LogP contribution in [0.5, 0.6) is 0 Å². The first-order chi connectivity index (χ1) is 34.5. The Morgan fingerprint density at radius 3 is 1.07 bits per heavy atom. The molecule has 0 saturated carbocycles. The summed E-state index contributed by atoms with van der Waals surface area (Å²) in [6.07, 6.45) is 69.9. The van der Waals surface area contributed by atoms with E-state index in [1.54, 1.807) is 0 Å². The molecule has 7 nitrogen and oxygen atoms in total. The zero-order chi connectivity index (χ0) is 50.5. The van der Waals surface area contributed by atoms with E-state index in [2.05, 4.69) is 93.7 Å². The molecule has 0 N–H and O–H groups in total. The lowest BCUT2D eigenvalue weighted by Gasteiger charge is -2.25. The monoisotopic (exact) mass is 980 g/mol. The number of unbranched alkanes of at least 4 members (excludes halogenated alkanes) is 27. The summed E-state index contributed by atoms with van der Waals surface area (Å²) in [5, 5.41) is 0. The second kappa shape index (κ2) is 53.0. The number of allylic oxidation sites excluding steroid dienone is 12. The van der Waals surface area contributed by atoms with Crippen molar-refractivity contribution in [2.75, 3.05) is 47.1 Å². The van der Waals surface area contributed by atoms with Gasteiger partial charge in [0.1, 0.15) is 24.9 Å². The molecule has 1 heterocycles. The van der Waals surface area contributed by atoms with Crippen molar-refractivity contribution in [2.24, 2.45) is 0 Å². The first-order valence-corrected chi connectivity index (χ1v) is 29.7. The largest absolute Gasteiger partial charge is 0.462 e. The molecule has 1 aliphatic rings. The SMILES string of the molecule is CCCCC/C=C\C/C=C\CCCCCCCCOC1[C@@H](COC(=O)CN(C)C)O[C@@H](OCCCCCCCC/C=C\C/C=C\CCCCC)[C@H]1OCCCCCCCC/C=C\C/C=C\CCCCC. The van der Waals surface area contributed by atoms with Crippen molar-refractivity contribution in [1.82, 2.24) is 4.90 Å². The van der Waals surface area contributed by atoms with Gasteiger partial charge in [0.15, 0.2) is 6.29 Å². The maximum absolute atomic E-state index is 12.7. The van der Waals surface area contributed by atoms with E-state index in [4.69, 9.17) is 23.7 Å². The molecule has 1 unspecified atom stereocenters. The molecule has 406 valence electrons. The number of esters is 1. The molecule has 0 aliphatic carbocycles. The smallest absolute Gasteiger partial charge is 0.320 e. The molecule has 0 aromatic heterocycles. The minimum Gasteiger partial charge on any atom is -0.462 e. The average Bonchev–Trinajstić information content (AvgIpc) is 3.68. The van der Waals surface area contributed by atoms with Crippen LogP contribution >= 0.6 is 0 Å². The van der Waals surface area contributed by atoms with E-state index in [1.807, 2.05) is 19.0 Å². The van der Waals surface area contributed by atoms with Crippen molar-refractivity contribution in [2.45, 2.75) is 277 Å². The summed E-state index contributed by atoms with van der Waals surface area (Å²) in [4.78, 5) is 14.5. The Hall–Kier alpha value is -2.29. The molecule has 0 aromatic rings. The first-order valence-electron chi connectivity index (χ1n) is 29.7. The topological polar surface area (TPSA) is 66.5 Å². The summed E-state index contributed by atoms with van der Waals surface area (Å²) < 4.78 is 32.1. The van der Waals surface area contributed by atoms with Crippen molar-refractivity contribution in [1.29, 1.82) is 0 Å². The van der Waals surface area contributed by atoms with Crippen LogP contribution in [0, 0.1) is 0 Å². The molecular weight excluding hydrogens is 867 g/mol. The van der Waals surface area contributed by atoms with Crippen molar-refractivity contribution in [3.63, 3.8) is 0 Å². The molecule has 0 aromatic carbocycles. The van der Waals surface area contributed by atoms with Gasteiger partial charge in [0, 0.05) is 19.8 Å². The van der Waals surface area contributed by atoms with Gasteiger partial charge in [-0.3, -0.25) is 9.69 Å². The van der Waals surface area contributed by atoms with Gasteiger partial charge in [-0.2, -0.15) is 0 Å². The Morgan fingerprint density at radius 1 is 0.400 bits per heavy atom. The van der Waals surface area contributed by atoms with E-state index in [0.29, 0.717) is 19.8 Å². The highest BCUT2D eigenvalue weighted by molar-refractivity contribution is 5.71. The van der Waals surface area contributed by atoms with Gasteiger partial charge in [-0.1, -0.05) is 209 Å². The van der Waals surface area contributed by atoms with Gasteiger partial charge in [-0.15, -0.1) is 0 Å². The lowest BCUT2D eigenvalue weighted by molar-refractivity contribution is -0.184. The molecule has 0 spiro atoms. The zero-order valence-electron chi connectivity index (χ0n) is 46.6. The fourth-order valence-electron chi connectivity index (χ4n) is 8.73. The van der Waals surface area contributed by atoms with Crippen LogP contribution in [0.4, 0.5) is 0 Å². The first kappa shape index (κ1) is 65.7. The van der Waals surface area contributed by atoms with Gasteiger partial charge in [-0.25, -0.2) is 0 Å². The number of carbonyl (C=O) groups excluding carboxylic acids is 1. The van der Waals surface area contributed by atoms with Gasteiger partial charge >= 0.3 is 5.97 Å². The average molecular weight is 981 g/mol. The van der Waals surface area contributed by atoms with E-state index in [9.17, 15) is 4.79 Å². The summed E-state index contributed by atoms with van der Waals surface area (Å²) in [5.41, 5.74) is 0. The predicted octanol–water partition coefficient (Wildman–Crippen LogP) is 18.0. The molecule has 0 radical (unpaired) electrons. The lowest BCUT2D eigenvalue weighted by atomic mass is 10.1. The van der Waals surface area contributed by atoms with Gasteiger partial charge in [0.2, 0.25) is 0 Å². The summed E-state index contributed by atoms with van der Waals surface area (Å²) in [6, 6.07) is 0. The standard InChI is InChI=1S/C63H113NO6/c1-6-9-12-15-18-21-24-27-30-33-36-39-42-45-48-51-54-66-61-59(58-69-60(65)57-64(4)5)70-63(68-56-53-50-47-44-41-38-35-32-29-26-23-20-17-14-11-8-3)62(61)67-55-52-49-46-43-40-37-34-31-28-25-22-19-16-13-10-7-2/h18-23,27-32,59,61-63H,6-17,24-26,33-58H2,1-5H3/b21-18-,22-19-,23-20-,30-27-,31-28-,32-29-/t59-,61?,62+,63-/m1/s1. The zero-order valence-corrected chi connectivity index (χ0v) is 46.6. The van der Waals surface area contributed by atoms with Crippen LogP contribution in [0.1, 0.15) is 252 Å². The van der Waals surface area contributed by atoms with Crippen LogP contribution in [0.15, 0.2) is 72.9 Å². The van der Waals surface area contributed by atoms with Crippen molar-refractivity contribution in [3.8, 4) is 0 Å². The Balaban J connectivity index is 2.62. The Labute approximate surface area is 434 Å². The summed E-state index contributed by atoms with van der Waals surface area (Å²) in [5.74, 6) is -0.262. The number of ether oxygens (including phenoxy) is 5. The highest BCUT2D eigenvalue weighted by Crippen LogP contribution is 2.29. The Kier molecular flexibility index (Phi) is 49.8. The summed E-state index contributed by atoms with van der Waals surface area (Å²) in [6.45, 7) is 9.04. The number of hydrogen-bond acceptors (Lipinski definition) is 7. The number of carbonyl (C=O) groups is 1. The third-order valence-electron chi connectivity index (χ3n) is 13.1. The third kappa shape index (κ3) is 43.3. The molecule has 0 amide bonds. The molecule has 7 heteroatoms. The van der Waals surface area contributed by atoms with Crippen molar-refractivity contribution < 1.29 is 28.5 Å². The number of rotatable bonds is 52. The Bertz CT molecular complexity index is 1290. The van der Waals surface area contributed by atoms with Crippen LogP contribution in [-0.4, -0.2) is 82.5 Å². The minimum absolute atomic E-state index is 0.136. The molecule has 1 fully saturated rings. The molecule has 1 saturated heterocycles. The maximum atomic E-state index is 12.7. The fourth-order valence-corrected chi connectivity index (χ4v) is 8.73. The Morgan fingerprint density at radius 2 is 0.714 bits per heavy atom. The fraction of sp³-hybridized carbons (Fsp3) is 0.794.